The van der Waals surface area contributed by atoms with E-state index in [4.69, 9.17) is 4.74 Å². The van der Waals surface area contributed by atoms with Gasteiger partial charge in [0.05, 0.1) is 12.9 Å². The maximum Gasteiger partial charge on any atom is 0.0959 e. The van der Waals surface area contributed by atoms with Crippen LogP contribution < -0.4 is 0 Å². The van der Waals surface area contributed by atoms with Crippen molar-refractivity contribution in [3.63, 3.8) is 0 Å². The zero-order valence-electron chi connectivity index (χ0n) is 7.89. The predicted octanol–water partition coefficient (Wildman–Crippen LogP) is 3.04. The first-order valence-electron chi connectivity index (χ1n) is 4.75. The van der Waals surface area contributed by atoms with Gasteiger partial charge in [-0.05, 0) is 31.3 Å². The minimum atomic E-state index is 0.828. The molecule has 1 unspecified atom stereocenters. The van der Waals surface area contributed by atoms with Gasteiger partial charge in [-0.2, -0.15) is 0 Å². The summed E-state index contributed by atoms with van der Waals surface area (Å²) in [5.74, 6) is 2.00. The van der Waals surface area contributed by atoms with E-state index in [0.717, 1.165) is 18.8 Å². The van der Waals surface area contributed by atoms with E-state index in [0.29, 0.717) is 0 Å². The molecule has 2 aliphatic carbocycles. The van der Waals surface area contributed by atoms with E-state index in [1.54, 1.807) is 18.3 Å². The number of hydrogen-bond donors (Lipinski definition) is 0. The Balaban J connectivity index is 2.13. The molecule has 1 nitrogen and oxygen atoms in total. The van der Waals surface area contributed by atoms with Gasteiger partial charge in [-0.3, -0.25) is 0 Å². The largest absolute Gasteiger partial charge is 0.501 e. The molecular formula is C11H16O. The first-order valence-corrected chi connectivity index (χ1v) is 4.75. The fourth-order valence-electron chi connectivity index (χ4n) is 2.28. The Morgan fingerprint density at radius 3 is 3.08 bits per heavy atom. The SMILES string of the molecule is COC1=CCC2=C(CCC2C)C1. The maximum atomic E-state index is 5.26. The fraction of sp³-hybridized carbons (Fsp3) is 0.636. The average Bonchev–Trinajstić information content (AvgIpc) is 2.47. The Labute approximate surface area is 74.1 Å². The Hall–Kier alpha value is -0.720. The van der Waals surface area contributed by atoms with Crippen LogP contribution in [-0.2, 0) is 4.74 Å². The topological polar surface area (TPSA) is 9.23 Å². The molecule has 0 fully saturated rings. The Kier molecular flexibility index (Phi) is 1.95. The third-order valence-electron chi connectivity index (χ3n) is 3.13. The van der Waals surface area contributed by atoms with E-state index in [9.17, 15) is 0 Å². The first kappa shape index (κ1) is 7.90. The minimum absolute atomic E-state index is 0.828. The van der Waals surface area contributed by atoms with Gasteiger partial charge in [0.25, 0.3) is 0 Å². The summed E-state index contributed by atoms with van der Waals surface area (Å²) in [6, 6.07) is 0. The molecule has 0 heterocycles. The molecule has 1 heteroatoms. The van der Waals surface area contributed by atoms with Crippen LogP contribution in [0.15, 0.2) is 23.0 Å². The lowest BCUT2D eigenvalue weighted by Crippen LogP contribution is -2.00. The third kappa shape index (κ3) is 1.17. The predicted molar refractivity (Wildman–Crippen MR) is 49.8 cm³/mol. The number of ether oxygens (including phenoxy) is 1. The molecule has 66 valence electrons. The van der Waals surface area contributed by atoms with E-state index in [-0.39, 0.29) is 0 Å². The van der Waals surface area contributed by atoms with Gasteiger partial charge in [0.1, 0.15) is 0 Å². The Morgan fingerprint density at radius 2 is 2.33 bits per heavy atom. The molecule has 0 aliphatic heterocycles. The first-order chi connectivity index (χ1) is 5.81. The molecule has 12 heavy (non-hydrogen) atoms. The van der Waals surface area contributed by atoms with Crippen LogP contribution >= 0.6 is 0 Å². The lowest BCUT2D eigenvalue weighted by molar-refractivity contribution is 0.279. The molecule has 0 bridgehead atoms. The van der Waals surface area contributed by atoms with Crippen molar-refractivity contribution in [3.05, 3.63) is 23.0 Å². The summed E-state index contributed by atoms with van der Waals surface area (Å²) < 4.78 is 5.26. The van der Waals surface area contributed by atoms with Crippen LogP contribution in [0, 0.1) is 5.92 Å². The van der Waals surface area contributed by atoms with Crippen molar-refractivity contribution < 1.29 is 4.74 Å². The lowest BCUT2D eigenvalue weighted by Gasteiger charge is -2.16. The van der Waals surface area contributed by atoms with Gasteiger partial charge in [-0.15, -0.1) is 0 Å². The summed E-state index contributed by atoms with van der Waals surface area (Å²) >= 11 is 0. The summed E-state index contributed by atoms with van der Waals surface area (Å²) in [6.45, 7) is 2.34. The van der Waals surface area contributed by atoms with Crippen LogP contribution in [-0.4, -0.2) is 7.11 Å². The zero-order valence-corrected chi connectivity index (χ0v) is 7.89. The summed E-state index contributed by atoms with van der Waals surface area (Å²) in [5, 5.41) is 0. The minimum Gasteiger partial charge on any atom is -0.501 e. The highest BCUT2D eigenvalue weighted by atomic mass is 16.5. The van der Waals surface area contributed by atoms with Crippen LogP contribution in [0.1, 0.15) is 32.6 Å². The van der Waals surface area contributed by atoms with E-state index in [1.807, 2.05) is 0 Å². The number of rotatable bonds is 1. The highest BCUT2D eigenvalue weighted by molar-refractivity contribution is 5.31. The van der Waals surface area contributed by atoms with Gasteiger partial charge < -0.3 is 4.74 Å². The van der Waals surface area contributed by atoms with Crippen LogP contribution in [0.4, 0.5) is 0 Å². The van der Waals surface area contributed by atoms with Gasteiger partial charge in [0.2, 0.25) is 0 Å². The van der Waals surface area contributed by atoms with Crippen LogP contribution in [0.3, 0.4) is 0 Å². The Bertz CT molecular complexity index is 248. The molecule has 0 aromatic carbocycles. The number of methoxy groups -OCH3 is 1. The third-order valence-corrected chi connectivity index (χ3v) is 3.13. The van der Waals surface area contributed by atoms with E-state index in [1.165, 1.54) is 18.6 Å². The zero-order chi connectivity index (χ0) is 8.55. The highest BCUT2D eigenvalue weighted by Crippen LogP contribution is 2.40. The van der Waals surface area contributed by atoms with Crippen LogP contribution in [0.25, 0.3) is 0 Å². The maximum absolute atomic E-state index is 5.26. The molecule has 2 aliphatic rings. The summed E-state index contributed by atoms with van der Waals surface area (Å²) in [5.41, 5.74) is 3.35. The van der Waals surface area contributed by atoms with Crippen molar-refractivity contribution in [2.45, 2.75) is 32.6 Å². The van der Waals surface area contributed by atoms with Crippen molar-refractivity contribution in [1.82, 2.24) is 0 Å². The second-order valence-electron chi connectivity index (χ2n) is 3.82. The molecule has 0 aromatic heterocycles. The molecular weight excluding hydrogens is 148 g/mol. The molecule has 2 rings (SSSR count). The fourth-order valence-corrected chi connectivity index (χ4v) is 2.28. The molecule has 0 radical (unpaired) electrons. The summed E-state index contributed by atoms with van der Waals surface area (Å²) in [7, 11) is 1.77. The van der Waals surface area contributed by atoms with Gasteiger partial charge in [-0.1, -0.05) is 18.1 Å². The van der Waals surface area contributed by atoms with Crippen molar-refractivity contribution in [3.8, 4) is 0 Å². The number of hydrogen-bond acceptors (Lipinski definition) is 1. The monoisotopic (exact) mass is 164 g/mol. The normalized spacial score (nSPS) is 28.5. The standard InChI is InChI=1S/C11H16O/c1-8-3-4-9-7-10(12-2)5-6-11(8)9/h5,8H,3-4,6-7H2,1-2H3. The highest BCUT2D eigenvalue weighted by Gasteiger charge is 2.24. The molecule has 0 aromatic rings. The second kappa shape index (κ2) is 2.96. The van der Waals surface area contributed by atoms with Crippen LogP contribution in [0.2, 0.25) is 0 Å². The summed E-state index contributed by atoms with van der Waals surface area (Å²) in [6.07, 6.45) is 7.11. The molecule has 0 amide bonds. The summed E-state index contributed by atoms with van der Waals surface area (Å²) in [4.78, 5) is 0. The van der Waals surface area contributed by atoms with Crippen molar-refractivity contribution in [1.29, 1.82) is 0 Å². The molecule has 0 saturated carbocycles. The van der Waals surface area contributed by atoms with Crippen molar-refractivity contribution in [2.75, 3.05) is 7.11 Å². The van der Waals surface area contributed by atoms with Gasteiger partial charge in [0, 0.05) is 6.42 Å². The van der Waals surface area contributed by atoms with E-state index in [2.05, 4.69) is 13.0 Å². The quantitative estimate of drug-likeness (QED) is 0.541. The van der Waals surface area contributed by atoms with E-state index >= 15 is 0 Å². The van der Waals surface area contributed by atoms with Crippen molar-refractivity contribution >= 4 is 0 Å². The average molecular weight is 164 g/mol. The van der Waals surface area contributed by atoms with E-state index < -0.39 is 0 Å². The molecule has 1 atom stereocenters. The Morgan fingerprint density at radius 1 is 1.50 bits per heavy atom. The molecule has 0 N–H and O–H groups in total. The van der Waals surface area contributed by atoms with Crippen molar-refractivity contribution in [2.24, 2.45) is 5.92 Å². The molecule has 0 saturated heterocycles. The van der Waals surface area contributed by atoms with Gasteiger partial charge in [0.15, 0.2) is 0 Å². The second-order valence-corrected chi connectivity index (χ2v) is 3.82. The molecule has 0 spiro atoms. The lowest BCUT2D eigenvalue weighted by atomic mass is 9.94. The number of allylic oxidation sites excluding steroid dienone is 3. The van der Waals surface area contributed by atoms with Gasteiger partial charge >= 0.3 is 0 Å². The van der Waals surface area contributed by atoms with Gasteiger partial charge in [-0.25, -0.2) is 0 Å². The smallest absolute Gasteiger partial charge is 0.0959 e. The van der Waals surface area contributed by atoms with Crippen LogP contribution in [0.5, 0.6) is 0 Å².